The standard InChI is InChI=1S/C16H15N/c1-12-7-3-5-9-14(12)16(11-17)15-10-6-4-8-13(15)2/h3-10,16H,1-2H3. The van der Waals surface area contributed by atoms with Crippen LogP contribution in [0.15, 0.2) is 48.5 Å². The normalized spacial score (nSPS) is 10.2. The topological polar surface area (TPSA) is 23.8 Å². The van der Waals surface area contributed by atoms with Crippen LogP contribution >= 0.6 is 0 Å². The molecule has 0 fully saturated rings. The molecule has 0 spiro atoms. The molecule has 17 heavy (non-hydrogen) atoms. The van der Waals surface area contributed by atoms with Gasteiger partial charge >= 0.3 is 0 Å². The molecular weight excluding hydrogens is 206 g/mol. The molecule has 0 heterocycles. The van der Waals surface area contributed by atoms with Crippen LogP contribution in [0.4, 0.5) is 0 Å². The molecule has 0 atom stereocenters. The van der Waals surface area contributed by atoms with Crippen molar-refractivity contribution in [3.8, 4) is 6.07 Å². The van der Waals surface area contributed by atoms with E-state index in [0.717, 1.165) is 11.1 Å². The highest BCUT2D eigenvalue weighted by Crippen LogP contribution is 2.28. The zero-order valence-electron chi connectivity index (χ0n) is 10.1. The monoisotopic (exact) mass is 221 g/mol. The maximum Gasteiger partial charge on any atom is 0.0967 e. The molecule has 1 heteroatoms. The first-order chi connectivity index (χ1) is 8.24. The SMILES string of the molecule is Cc1ccccc1C(C#N)c1ccccc1C. The Bertz CT molecular complexity index is 518. The Morgan fingerprint density at radius 3 is 1.59 bits per heavy atom. The van der Waals surface area contributed by atoms with Gasteiger partial charge in [-0.05, 0) is 36.1 Å². The van der Waals surface area contributed by atoms with Crippen LogP contribution in [0.2, 0.25) is 0 Å². The van der Waals surface area contributed by atoms with Gasteiger partial charge in [0.05, 0.1) is 12.0 Å². The van der Waals surface area contributed by atoms with E-state index < -0.39 is 0 Å². The molecule has 0 radical (unpaired) electrons. The highest BCUT2D eigenvalue weighted by atomic mass is 14.3. The fraction of sp³-hybridized carbons (Fsp3) is 0.188. The lowest BCUT2D eigenvalue weighted by Gasteiger charge is -2.14. The summed E-state index contributed by atoms with van der Waals surface area (Å²) in [5.74, 6) is -0.169. The lowest BCUT2D eigenvalue weighted by Crippen LogP contribution is -2.02. The van der Waals surface area contributed by atoms with E-state index in [4.69, 9.17) is 0 Å². The Kier molecular flexibility index (Phi) is 3.25. The van der Waals surface area contributed by atoms with Crippen LogP contribution in [0, 0.1) is 25.2 Å². The Morgan fingerprint density at radius 2 is 1.24 bits per heavy atom. The van der Waals surface area contributed by atoms with E-state index in [9.17, 15) is 5.26 Å². The summed E-state index contributed by atoms with van der Waals surface area (Å²) >= 11 is 0. The second-order valence-corrected chi connectivity index (χ2v) is 4.28. The summed E-state index contributed by atoms with van der Waals surface area (Å²) in [4.78, 5) is 0. The van der Waals surface area contributed by atoms with Crippen molar-refractivity contribution in [2.24, 2.45) is 0 Å². The quantitative estimate of drug-likeness (QED) is 0.753. The van der Waals surface area contributed by atoms with Crippen molar-refractivity contribution in [1.82, 2.24) is 0 Å². The van der Waals surface area contributed by atoms with E-state index in [1.807, 2.05) is 36.4 Å². The predicted molar refractivity (Wildman–Crippen MR) is 69.8 cm³/mol. The minimum absolute atomic E-state index is 0.169. The second-order valence-electron chi connectivity index (χ2n) is 4.28. The molecule has 1 nitrogen and oxygen atoms in total. The van der Waals surface area contributed by atoms with Gasteiger partial charge in [-0.25, -0.2) is 0 Å². The lowest BCUT2D eigenvalue weighted by atomic mass is 9.87. The molecule has 0 saturated carbocycles. The van der Waals surface area contributed by atoms with E-state index >= 15 is 0 Å². The van der Waals surface area contributed by atoms with Crippen LogP contribution in [-0.4, -0.2) is 0 Å². The Labute approximate surface area is 102 Å². The van der Waals surface area contributed by atoms with Crippen LogP contribution in [0.3, 0.4) is 0 Å². The number of hydrogen-bond acceptors (Lipinski definition) is 1. The van der Waals surface area contributed by atoms with Gasteiger partial charge in [0.25, 0.3) is 0 Å². The van der Waals surface area contributed by atoms with E-state index in [2.05, 4.69) is 32.0 Å². The zero-order chi connectivity index (χ0) is 12.3. The van der Waals surface area contributed by atoms with E-state index in [1.54, 1.807) is 0 Å². The number of benzene rings is 2. The molecule has 2 aromatic rings. The second kappa shape index (κ2) is 4.84. The third kappa shape index (κ3) is 2.21. The van der Waals surface area contributed by atoms with Crippen molar-refractivity contribution < 1.29 is 0 Å². The van der Waals surface area contributed by atoms with Gasteiger partial charge in [0.15, 0.2) is 0 Å². The van der Waals surface area contributed by atoms with Crippen molar-refractivity contribution in [1.29, 1.82) is 5.26 Å². The highest BCUT2D eigenvalue weighted by molar-refractivity contribution is 5.44. The molecule has 0 aliphatic heterocycles. The summed E-state index contributed by atoms with van der Waals surface area (Å²) in [6.45, 7) is 4.11. The number of nitrogens with zero attached hydrogens (tertiary/aromatic N) is 1. The fourth-order valence-corrected chi connectivity index (χ4v) is 2.13. The number of aryl methyl sites for hydroxylation is 2. The molecule has 0 N–H and O–H groups in total. The molecule has 2 aromatic carbocycles. The zero-order valence-corrected chi connectivity index (χ0v) is 10.1. The van der Waals surface area contributed by atoms with Gasteiger partial charge in [0.2, 0.25) is 0 Å². The summed E-state index contributed by atoms with van der Waals surface area (Å²) < 4.78 is 0. The Morgan fingerprint density at radius 1 is 0.824 bits per heavy atom. The van der Waals surface area contributed by atoms with Crippen LogP contribution in [-0.2, 0) is 0 Å². The molecule has 0 aliphatic carbocycles. The molecular formula is C16H15N. The first-order valence-corrected chi connectivity index (χ1v) is 5.74. The summed E-state index contributed by atoms with van der Waals surface area (Å²) in [7, 11) is 0. The van der Waals surface area contributed by atoms with Crippen molar-refractivity contribution in [3.05, 3.63) is 70.8 Å². The van der Waals surface area contributed by atoms with E-state index in [0.29, 0.717) is 0 Å². The van der Waals surface area contributed by atoms with Gasteiger partial charge in [0.1, 0.15) is 0 Å². The lowest BCUT2D eigenvalue weighted by molar-refractivity contribution is 1.00. The van der Waals surface area contributed by atoms with Crippen molar-refractivity contribution >= 4 is 0 Å². The third-order valence-corrected chi connectivity index (χ3v) is 3.13. The highest BCUT2D eigenvalue weighted by Gasteiger charge is 2.16. The maximum atomic E-state index is 9.43. The third-order valence-electron chi connectivity index (χ3n) is 3.13. The molecule has 0 unspecified atom stereocenters. The van der Waals surface area contributed by atoms with Crippen LogP contribution in [0.25, 0.3) is 0 Å². The smallest absolute Gasteiger partial charge is 0.0967 e. The number of nitriles is 1. The predicted octanol–water partition coefficient (Wildman–Crippen LogP) is 3.96. The molecule has 0 aliphatic rings. The van der Waals surface area contributed by atoms with Gasteiger partial charge in [-0.2, -0.15) is 5.26 Å². The summed E-state index contributed by atoms with van der Waals surface area (Å²) in [5.41, 5.74) is 4.54. The van der Waals surface area contributed by atoms with Gasteiger partial charge in [-0.15, -0.1) is 0 Å². The fourth-order valence-electron chi connectivity index (χ4n) is 2.13. The van der Waals surface area contributed by atoms with E-state index in [-0.39, 0.29) is 5.92 Å². The first-order valence-electron chi connectivity index (χ1n) is 5.74. The van der Waals surface area contributed by atoms with Crippen LogP contribution in [0.1, 0.15) is 28.2 Å². The van der Waals surface area contributed by atoms with Gasteiger partial charge in [0, 0.05) is 0 Å². The molecule has 0 saturated heterocycles. The molecule has 84 valence electrons. The average molecular weight is 221 g/mol. The summed E-state index contributed by atoms with van der Waals surface area (Å²) in [6.07, 6.45) is 0. The van der Waals surface area contributed by atoms with Gasteiger partial charge in [-0.1, -0.05) is 48.5 Å². The average Bonchev–Trinajstić information content (AvgIpc) is 2.34. The molecule has 2 rings (SSSR count). The summed E-state index contributed by atoms with van der Waals surface area (Å²) in [5, 5.41) is 9.43. The van der Waals surface area contributed by atoms with Crippen molar-refractivity contribution in [3.63, 3.8) is 0 Å². The van der Waals surface area contributed by atoms with Crippen LogP contribution in [0.5, 0.6) is 0 Å². The minimum Gasteiger partial charge on any atom is -0.197 e. The number of rotatable bonds is 2. The largest absolute Gasteiger partial charge is 0.197 e. The minimum atomic E-state index is -0.169. The van der Waals surface area contributed by atoms with Crippen molar-refractivity contribution in [2.45, 2.75) is 19.8 Å². The Balaban J connectivity index is 2.53. The number of hydrogen-bond donors (Lipinski definition) is 0. The van der Waals surface area contributed by atoms with E-state index in [1.165, 1.54) is 11.1 Å². The summed E-state index contributed by atoms with van der Waals surface area (Å²) in [6, 6.07) is 18.6. The van der Waals surface area contributed by atoms with Gasteiger partial charge in [-0.3, -0.25) is 0 Å². The molecule has 0 bridgehead atoms. The van der Waals surface area contributed by atoms with Gasteiger partial charge < -0.3 is 0 Å². The molecule has 0 aromatic heterocycles. The maximum absolute atomic E-state index is 9.43. The van der Waals surface area contributed by atoms with Crippen LogP contribution < -0.4 is 0 Å². The molecule has 0 amide bonds. The Hall–Kier alpha value is -2.07. The van der Waals surface area contributed by atoms with Crippen molar-refractivity contribution in [2.75, 3.05) is 0 Å². The first kappa shape index (κ1) is 11.4.